The van der Waals surface area contributed by atoms with E-state index in [0.717, 1.165) is 30.8 Å². The van der Waals surface area contributed by atoms with Crippen molar-refractivity contribution in [3.8, 4) is 5.75 Å². The molecule has 1 aromatic heterocycles. The molecular formula is C17H20N4O3. The van der Waals surface area contributed by atoms with E-state index in [1.807, 2.05) is 30.3 Å². The van der Waals surface area contributed by atoms with Crippen LogP contribution in [0.25, 0.3) is 0 Å². The minimum atomic E-state index is -0.125. The number of nitrogens with zero attached hydrogens (tertiary/aromatic N) is 3. The number of carbonyl (C=O) groups excluding carboxylic acids is 1. The van der Waals surface area contributed by atoms with Gasteiger partial charge in [0.1, 0.15) is 11.9 Å². The third-order valence-electron chi connectivity index (χ3n) is 4.30. The molecule has 1 aromatic carbocycles. The Morgan fingerprint density at radius 1 is 1.29 bits per heavy atom. The average Bonchev–Trinajstić information content (AvgIpc) is 3.17. The van der Waals surface area contributed by atoms with Crippen molar-refractivity contribution in [2.75, 3.05) is 13.1 Å². The maximum absolute atomic E-state index is 12.2. The molecule has 1 N–H and O–H groups in total. The van der Waals surface area contributed by atoms with Gasteiger partial charge >= 0.3 is 6.03 Å². The molecule has 0 bridgehead atoms. The largest absolute Gasteiger partial charge is 0.489 e. The summed E-state index contributed by atoms with van der Waals surface area (Å²) >= 11 is 0. The number of carbonyl (C=O) groups is 1. The van der Waals surface area contributed by atoms with Gasteiger partial charge in [0, 0.05) is 18.9 Å². The molecule has 1 unspecified atom stereocenters. The normalized spacial score (nSPS) is 20.2. The van der Waals surface area contributed by atoms with Gasteiger partial charge in [-0.3, -0.25) is 0 Å². The van der Waals surface area contributed by atoms with Gasteiger partial charge in [-0.1, -0.05) is 23.4 Å². The van der Waals surface area contributed by atoms with Gasteiger partial charge in [0.15, 0.2) is 5.82 Å². The van der Waals surface area contributed by atoms with Crippen molar-refractivity contribution in [3.63, 3.8) is 0 Å². The molecule has 24 heavy (non-hydrogen) atoms. The summed E-state index contributed by atoms with van der Waals surface area (Å²) in [6.07, 6.45) is 3.11. The molecule has 2 aromatic rings. The summed E-state index contributed by atoms with van der Waals surface area (Å²) < 4.78 is 11.1. The zero-order valence-electron chi connectivity index (χ0n) is 13.4. The summed E-state index contributed by atoms with van der Waals surface area (Å²) in [5.74, 6) is 2.51. The predicted molar refractivity (Wildman–Crippen MR) is 85.6 cm³/mol. The van der Waals surface area contributed by atoms with E-state index in [2.05, 4.69) is 15.5 Å². The SMILES string of the molecule is O=C(NCc1nc(C2CC2)no1)N1CCC(Oc2ccccc2)C1. The second kappa shape index (κ2) is 6.51. The second-order valence-corrected chi connectivity index (χ2v) is 6.27. The van der Waals surface area contributed by atoms with E-state index >= 15 is 0 Å². The van der Waals surface area contributed by atoms with Gasteiger partial charge in [0.25, 0.3) is 0 Å². The highest BCUT2D eigenvalue weighted by atomic mass is 16.5. The second-order valence-electron chi connectivity index (χ2n) is 6.27. The van der Waals surface area contributed by atoms with E-state index in [9.17, 15) is 4.79 Å². The third kappa shape index (κ3) is 3.50. The highest BCUT2D eigenvalue weighted by molar-refractivity contribution is 5.74. The molecule has 1 atom stereocenters. The van der Waals surface area contributed by atoms with Crippen molar-refractivity contribution in [2.24, 2.45) is 0 Å². The Balaban J connectivity index is 1.24. The lowest BCUT2D eigenvalue weighted by molar-refractivity contribution is 0.185. The average molecular weight is 328 g/mol. The molecule has 7 nitrogen and oxygen atoms in total. The quantitative estimate of drug-likeness (QED) is 0.911. The van der Waals surface area contributed by atoms with Gasteiger partial charge in [-0.15, -0.1) is 0 Å². The topological polar surface area (TPSA) is 80.5 Å². The van der Waals surface area contributed by atoms with Crippen molar-refractivity contribution in [1.29, 1.82) is 0 Å². The van der Waals surface area contributed by atoms with Crippen LogP contribution in [0.3, 0.4) is 0 Å². The minimum Gasteiger partial charge on any atom is -0.489 e. The lowest BCUT2D eigenvalue weighted by atomic mass is 10.3. The first-order chi connectivity index (χ1) is 11.8. The summed E-state index contributed by atoms with van der Waals surface area (Å²) in [5.41, 5.74) is 0. The Hall–Kier alpha value is -2.57. The number of urea groups is 1. The Labute approximate surface area is 140 Å². The van der Waals surface area contributed by atoms with Gasteiger partial charge in [-0.2, -0.15) is 4.98 Å². The molecule has 126 valence electrons. The first kappa shape index (κ1) is 15.0. The monoisotopic (exact) mass is 328 g/mol. The molecule has 1 saturated carbocycles. The Kier molecular flexibility index (Phi) is 4.06. The van der Waals surface area contributed by atoms with Crippen molar-refractivity contribution >= 4 is 6.03 Å². The predicted octanol–water partition coefficient (Wildman–Crippen LogP) is 2.31. The molecular weight excluding hydrogens is 308 g/mol. The molecule has 1 aliphatic carbocycles. The van der Waals surface area contributed by atoms with Gasteiger partial charge in [-0.25, -0.2) is 4.79 Å². The van der Waals surface area contributed by atoms with E-state index in [-0.39, 0.29) is 18.7 Å². The maximum Gasteiger partial charge on any atom is 0.317 e. The zero-order valence-corrected chi connectivity index (χ0v) is 13.4. The molecule has 2 heterocycles. The fraction of sp³-hybridized carbons (Fsp3) is 0.471. The van der Waals surface area contributed by atoms with E-state index in [1.165, 1.54) is 0 Å². The van der Waals surface area contributed by atoms with Crippen LogP contribution in [0.15, 0.2) is 34.9 Å². The Morgan fingerprint density at radius 2 is 2.12 bits per heavy atom. The lowest BCUT2D eigenvalue weighted by Crippen LogP contribution is -2.39. The summed E-state index contributed by atoms with van der Waals surface area (Å²) in [7, 11) is 0. The van der Waals surface area contributed by atoms with Gasteiger partial charge in [0.05, 0.1) is 13.1 Å². The van der Waals surface area contributed by atoms with Crippen LogP contribution in [0.4, 0.5) is 4.79 Å². The molecule has 4 rings (SSSR count). The maximum atomic E-state index is 12.2. The van der Waals surface area contributed by atoms with Crippen LogP contribution in [0.5, 0.6) is 5.75 Å². The van der Waals surface area contributed by atoms with Crippen LogP contribution in [0.1, 0.15) is 36.9 Å². The summed E-state index contributed by atoms with van der Waals surface area (Å²) in [6.45, 7) is 1.53. The van der Waals surface area contributed by atoms with Crippen molar-refractivity contribution < 1.29 is 14.1 Å². The number of amides is 2. The third-order valence-corrected chi connectivity index (χ3v) is 4.30. The standard InChI is InChI=1S/C17H20N4O3/c22-17(18-10-15-19-16(20-24-15)12-6-7-12)21-9-8-14(11-21)23-13-4-2-1-3-5-13/h1-5,12,14H,6-11H2,(H,18,22). The van der Waals surface area contributed by atoms with Crippen LogP contribution in [-0.2, 0) is 6.54 Å². The number of hydrogen-bond acceptors (Lipinski definition) is 5. The van der Waals surface area contributed by atoms with E-state index < -0.39 is 0 Å². The fourth-order valence-electron chi connectivity index (χ4n) is 2.81. The van der Waals surface area contributed by atoms with Crippen LogP contribution in [-0.4, -0.2) is 40.3 Å². The Bertz CT molecular complexity index is 699. The molecule has 2 amide bonds. The number of para-hydroxylation sites is 1. The first-order valence-corrected chi connectivity index (χ1v) is 8.35. The number of benzene rings is 1. The summed E-state index contributed by atoms with van der Waals surface area (Å²) in [6, 6.07) is 9.56. The first-order valence-electron chi connectivity index (χ1n) is 8.35. The number of likely N-dealkylation sites (tertiary alicyclic amines) is 1. The van der Waals surface area contributed by atoms with Gasteiger partial charge < -0.3 is 19.5 Å². The van der Waals surface area contributed by atoms with Crippen molar-refractivity contribution in [1.82, 2.24) is 20.4 Å². The lowest BCUT2D eigenvalue weighted by Gasteiger charge is -2.17. The molecule has 2 fully saturated rings. The summed E-state index contributed by atoms with van der Waals surface area (Å²) in [5, 5.41) is 6.77. The molecule has 0 radical (unpaired) electrons. The van der Waals surface area contributed by atoms with Gasteiger partial charge in [0.2, 0.25) is 5.89 Å². The van der Waals surface area contributed by atoms with Gasteiger partial charge in [-0.05, 0) is 25.0 Å². The highest BCUT2D eigenvalue weighted by Gasteiger charge is 2.30. The molecule has 1 saturated heterocycles. The smallest absolute Gasteiger partial charge is 0.317 e. The van der Waals surface area contributed by atoms with E-state index in [1.54, 1.807) is 4.90 Å². The van der Waals surface area contributed by atoms with Crippen LogP contribution in [0.2, 0.25) is 0 Å². The molecule has 7 heteroatoms. The number of aromatic nitrogens is 2. The van der Waals surface area contributed by atoms with Crippen molar-refractivity contribution in [2.45, 2.75) is 37.8 Å². The summed E-state index contributed by atoms with van der Waals surface area (Å²) in [4.78, 5) is 18.3. The number of ether oxygens (including phenoxy) is 1. The van der Waals surface area contributed by atoms with Crippen molar-refractivity contribution in [3.05, 3.63) is 42.0 Å². The molecule has 0 spiro atoms. The Morgan fingerprint density at radius 3 is 2.92 bits per heavy atom. The number of nitrogens with one attached hydrogen (secondary N) is 1. The number of hydrogen-bond donors (Lipinski definition) is 1. The molecule has 2 aliphatic rings. The van der Waals surface area contributed by atoms with Crippen LogP contribution >= 0.6 is 0 Å². The molecule has 1 aliphatic heterocycles. The van der Waals surface area contributed by atoms with Crippen LogP contribution < -0.4 is 10.1 Å². The fourth-order valence-corrected chi connectivity index (χ4v) is 2.81. The highest BCUT2D eigenvalue weighted by Crippen LogP contribution is 2.38. The van der Waals surface area contributed by atoms with E-state index in [4.69, 9.17) is 9.26 Å². The van der Waals surface area contributed by atoms with Crippen LogP contribution in [0, 0.1) is 0 Å². The zero-order chi connectivity index (χ0) is 16.4. The minimum absolute atomic E-state index is 0.0306. The van der Waals surface area contributed by atoms with E-state index in [0.29, 0.717) is 24.9 Å². The number of rotatable bonds is 5.